The number of aliphatic hydroxyl groups is 1. The summed E-state index contributed by atoms with van der Waals surface area (Å²) in [6, 6.07) is 19.0. The van der Waals surface area contributed by atoms with E-state index in [0.717, 1.165) is 70.6 Å². The van der Waals surface area contributed by atoms with Crippen LogP contribution in [0.5, 0.6) is 5.75 Å². The first-order valence-corrected chi connectivity index (χ1v) is 12.2. The van der Waals surface area contributed by atoms with E-state index in [9.17, 15) is 5.11 Å². The van der Waals surface area contributed by atoms with Crippen LogP contribution in [0.25, 0.3) is 0 Å². The van der Waals surface area contributed by atoms with Gasteiger partial charge in [-0.15, -0.1) is 0 Å². The molecule has 2 aromatic rings. The number of nitrogens with zero attached hydrogens (tertiary/aromatic N) is 1. The van der Waals surface area contributed by atoms with Crippen molar-refractivity contribution < 1.29 is 9.84 Å². The minimum atomic E-state index is -0.600. The monoisotopic (exact) mass is 422 g/mol. The van der Waals surface area contributed by atoms with E-state index in [1.807, 2.05) is 6.07 Å². The molecule has 0 amide bonds. The molecule has 1 aliphatic carbocycles. The van der Waals surface area contributed by atoms with Gasteiger partial charge < -0.3 is 20.1 Å². The minimum Gasteiger partial charge on any atom is -0.493 e. The molecule has 1 saturated heterocycles. The van der Waals surface area contributed by atoms with Crippen molar-refractivity contribution in [2.24, 2.45) is 0 Å². The highest BCUT2D eigenvalue weighted by Crippen LogP contribution is 2.40. The molecule has 1 aliphatic heterocycles. The van der Waals surface area contributed by atoms with Crippen molar-refractivity contribution in [1.82, 2.24) is 10.2 Å². The number of benzene rings is 2. The van der Waals surface area contributed by atoms with Crippen LogP contribution < -0.4 is 10.1 Å². The van der Waals surface area contributed by atoms with Crippen molar-refractivity contribution in [2.45, 2.75) is 56.5 Å². The maximum atomic E-state index is 11.8. The highest BCUT2D eigenvalue weighted by molar-refractivity contribution is 5.32. The van der Waals surface area contributed by atoms with Crippen LogP contribution >= 0.6 is 0 Å². The molecule has 0 spiro atoms. The molecule has 4 nitrogen and oxygen atoms in total. The Kier molecular flexibility index (Phi) is 8.01. The second-order valence-electron chi connectivity index (χ2n) is 9.27. The summed E-state index contributed by atoms with van der Waals surface area (Å²) in [6.07, 6.45) is 7.50. The van der Waals surface area contributed by atoms with Crippen molar-refractivity contribution >= 4 is 0 Å². The van der Waals surface area contributed by atoms with Gasteiger partial charge in [-0.2, -0.15) is 0 Å². The van der Waals surface area contributed by atoms with Gasteiger partial charge >= 0.3 is 0 Å². The molecular weight excluding hydrogens is 384 g/mol. The summed E-state index contributed by atoms with van der Waals surface area (Å²) in [6.45, 7) is 5.82. The fourth-order valence-electron chi connectivity index (χ4n) is 5.15. The maximum absolute atomic E-state index is 11.8. The molecule has 31 heavy (non-hydrogen) atoms. The average molecular weight is 423 g/mol. The number of nitrogens with one attached hydrogen (secondary N) is 1. The normalized spacial score (nSPS) is 20.7. The first-order valence-electron chi connectivity index (χ1n) is 12.2. The zero-order valence-corrected chi connectivity index (χ0v) is 18.8. The highest BCUT2D eigenvalue weighted by atomic mass is 16.5. The predicted octanol–water partition coefficient (Wildman–Crippen LogP) is 4.38. The first kappa shape index (κ1) is 22.3. The molecule has 1 heterocycles. The lowest BCUT2D eigenvalue weighted by atomic mass is 9.76. The smallest absolute Gasteiger partial charge is 0.119 e. The number of hydrogen-bond acceptors (Lipinski definition) is 4. The summed E-state index contributed by atoms with van der Waals surface area (Å²) in [7, 11) is 0. The van der Waals surface area contributed by atoms with Crippen LogP contribution in [-0.4, -0.2) is 54.9 Å². The SMILES string of the molecule is OC1(C(CN2CCNCC2)c2ccc(OCCc3ccccc3)cc2)CCCCCC1. The number of ether oxygens (including phenoxy) is 1. The van der Waals surface area contributed by atoms with Gasteiger partial charge in [0.1, 0.15) is 5.75 Å². The Balaban J connectivity index is 1.43. The van der Waals surface area contributed by atoms with Gasteiger partial charge in [-0.1, -0.05) is 68.1 Å². The minimum absolute atomic E-state index is 0.155. The fourth-order valence-corrected chi connectivity index (χ4v) is 5.15. The van der Waals surface area contributed by atoms with Gasteiger partial charge in [0.05, 0.1) is 12.2 Å². The second kappa shape index (κ2) is 11.1. The van der Waals surface area contributed by atoms with Gasteiger partial charge in [-0.05, 0) is 36.1 Å². The summed E-state index contributed by atoms with van der Waals surface area (Å²) in [4.78, 5) is 2.52. The summed E-state index contributed by atoms with van der Waals surface area (Å²) in [5.74, 6) is 1.07. The van der Waals surface area contributed by atoms with Crippen LogP contribution in [0, 0.1) is 0 Å². The molecular formula is C27H38N2O2. The summed E-state index contributed by atoms with van der Waals surface area (Å²) >= 11 is 0. The van der Waals surface area contributed by atoms with E-state index in [-0.39, 0.29) is 5.92 Å². The summed E-state index contributed by atoms with van der Waals surface area (Å²) < 4.78 is 6.00. The zero-order chi connectivity index (χ0) is 21.4. The molecule has 1 atom stereocenters. The molecule has 4 heteroatoms. The summed E-state index contributed by atoms with van der Waals surface area (Å²) in [5.41, 5.74) is 1.95. The van der Waals surface area contributed by atoms with E-state index in [0.29, 0.717) is 6.61 Å². The van der Waals surface area contributed by atoms with E-state index in [4.69, 9.17) is 4.74 Å². The van der Waals surface area contributed by atoms with Crippen molar-refractivity contribution in [3.63, 3.8) is 0 Å². The zero-order valence-electron chi connectivity index (χ0n) is 18.8. The lowest BCUT2D eigenvalue weighted by Gasteiger charge is -2.40. The molecule has 2 aliphatic rings. The van der Waals surface area contributed by atoms with Crippen molar-refractivity contribution in [2.75, 3.05) is 39.3 Å². The molecule has 1 saturated carbocycles. The average Bonchev–Trinajstić information content (AvgIpc) is 3.05. The molecule has 1 unspecified atom stereocenters. The van der Waals surface area contributed by atoms with Crippen LogP contribution in [0.1, 0.15) is 55.6 Å². The van der Waals surface area contributed by atoms with Gasteiger partial charge in [0.15, 0.2) is 0 Å². The Morgan fingerprint density at radius 1 is 0.903 bits per heavy atom. The molecule has 0 aromatic heterocycles. The van der Waals surface area contributed by atoms with E-state index >= 15 is 0 Å². The lowest BCUT2D eigenvalue weighted by molar-refractivity contribution is -0.0144. The number of piperazine rings is 1. The first-order chi connectivity index (χ1) is 15.2. The van der Waals surface area contributed by atoms with Crippen LogP contribution in [0.4, 0.5) is 0 Å². The van der Waals surface area contributed by atoms with E-state index in [1.165, 1.54) is 24.0 Å². The largest absolute Gasteiger partial charge is 0.493 e. The van der Waals surface area contributed by atoms with Gasteiger partial charge in [0.25, 0.3) is 0 Å². The Hall–Kier alpha value is -1.88. The molecule has 2 aromatic carbocycles. The van der Waals surface area contributed by atoms with Crippen LogP contribution in [0.15, 0.2) is 54.6 Å². The van der Waals surface area contributed by atoms with E-state index in [2.05, 4.69) is 58.7 Å². The Labute approximate surface area is 187 Å². The molecule has 168 valence electrons. The Morgan fingerprint density at radius 3 is 2.26 bits per heavy atom. The van der Waals surface area contributed by atoms with Crippen molar-refractivity contribution in [3.05, 3.63) is 65.7 Å². The number of hydrogen-bond donors (Lipinski definition) is 2. The van der Waals surface area contributed by atoms with Crippen LogP contribution in [-0.2, 0) is 6.42 Å². The third kappa shape index (κ3) is 6.31. The predicted molar refractivity (Wildman–Crippen MR) is 127 cm³/mol. The molecule has 2 fully saturated rings. The van der Waals surface area contributed by atoms with Gasteiger partial charge in [0.2, 0.25) is 0 Å². The number of rotatable bonds is 8. The van der Waals surface area contributed by atoms with E-state index in [1.54, 1.807) is 0 Å². The van der Waals surface area contributed by atoms with E-state index < -0.39 is 5.60 Å². The molecule has 4 rings (SSSR count). The molecule has 0 radical (unpaired) electrons. The molecule has 2 N–H and O–H groups in total. The van der Waals surface area contributed by atoms with Crippen molar-refractivity contribution in [1.29, 1.82) is 0 Å². The summed E-state index contributed by atoms with van der Waals surface area (Å²) in [5, 5.41) is 15.2. The quantitative estimate of drug-likeness (QED) is 0.620. The molecule has 0 bridgehead atoms. The van der Waals surface area contributed by atoms with Gasteiger partial charge in [-0.25, -0.2) is 0 Å². The standard InChI is InChI=1S/C27H38N2O2/c30-27(15-6-1-2-7-16-27)26(22-29-19-17-28-18-20-29)24-10-12-25(13-11-24)31-21-14-23-8-4-3-5-9-23/h3-5,8-13,26,28,30H,1-2,6-7,14-22H2. The van der Waals surface area contributed by atoms with Crippen molar-refractivity contribution in [3.8, 4) is 5.75 Å². The van der Waals surface area contributed by atoms with Gasteiger partial charge in [0, 0.05) is 45.1 Å². The highest BCUT2D eigenvalue weighted by Gasteiger charge is 2.38. The lowest BCUT2D eigenvalue weighted by Crippen LogP contribution is -2.49. The third-order valence-electron chi connectivity index (χ3n) is 7.05. The van der Waals surface area contributed by atoms with Crippen LogP contribution in [0.2, 0.25) is 0 Å². The Morgan fingerprint density at radius 2 is 1.58 bits per heavy atom. The third-order valence-corrected chi connectivity index (χ3v) is 7.05. The fraction of sp³-hybridized carbons (Fsp3) is 0.556. The Bertz CT molecular complexity index is 764. The maximum Gasteiger partial charge on any atom is 0.119 e. The topological polar surface area (TPSA) is 44.7 Å². The van der Waals surface area contributed by atoms with Gasteiger partial charge in [-0.3, -0.25) is 0 Å². The van der Waals surface area contributed by atoms with Crippen LogP contribution in [0.3, 0.4) is 0 Å². The second-order valence-corrected chi connectivity index (χ2v) is 9.27.